The number of anilines is 1. The average Bonchev–Trinajstić information content (AvgIpc) is 3.14. The van der Waals surface area contributed by atoms with E-state index in [2.05, 4.69) is 10.3 Å². The molecule has 1 aliphatic rings. The first-order valence-electron chi connectivity index (χ1n) is 8.24. The minimum Gasteiger partial charge on any atom is -0.365 e. The van der Waals surface area contributed by atoms with Gasteiger partial charge in [0.05, 0.1) is 5.56 Å². The molecule has 2 amide bonds. The summed E-state index contributed by atoms with van der Waals surface area (Å²) in [4.78, 5) is 30.1. The van der Waals surface area contributed by atoms with E-state index in [1.54, 1.807) is 10.6 Å². The highest BCUT2D eigenvalue weighted by Gasteiger charge is 2.25. The number of nitrogens with zero attached hydrogens (tertiary/aromatic N) is 2. The van der Waals surface area contributed by atoms with Crippen LogP contribution in [-0.4, -0.2) is 21.2 Å². The van der Waals surface area contributed by atoms with Crippen molar-refractivity contribution >= 4 is 33.8 Å². The van der Waals surface area contributed by atoms with Crippen LogP contribution in [0.5, 0.6) is 0 Å². The van der Waals surface area contributed by atoms with Gasteiger partial charge in [-0.3, -0.25) is 9.59 Å². The van der Waals surface area contributed by atoms with E-state index < -0.39 is 5.91 Å². The Hall–Kier alpha value is -2.67. The lowest BCUT2D eigenvalue weighted by atomic mass is 9.95. The standard InChI is InChI=1S/C18H18N4O2S/c1-10-6-7-22-9-12(20-14(22)8-10)17(24)21-18-15(16(19)23)11-4-2-3-5-13(11)25-18/h6-9H,2-5H2,1H3,(H2,19,23)(H,21,24). The molecule has 0 aromatic carbocycles. The van der Waals surface area contributed by atoms with Gasteiger partial charge in [-0.1, -0.05) is 0 Å². The first-order valence-corrected chi connectivity index (χ1v) is 9.05. The second kappa shape index (κ2) is 6.00. The second-order valence-electron chi connectivity index (χ2n) is 6.33. The number of aryl methyl sites for hydroxylation is 2. The number of primary amides is 1. The SMILES string of the molecule is Cc1ccn2cc(C(=O)Nc3sc4c(c3C(N)=O)CCCC4)nc2c1. The first kappa shape index (κ1) is 15.8. The quantitative estimate of drug-likeness (QED) is 0.758. The first-order chi connectivity index (χ1) is 12.0. The zero-order chi connectivity index (χ0) is 17.6. The summed E-state index contributed by atoms with van der Waals surface area (Å²) in [7, 11) is 0. The topological polar surface area (TPSA) is 89.5 Å². The van der Waals surface area contributed by atoms with E-state index in [9.17, 15) is 9.59 Å². The molecule has 4 rings (SSSR count). The van der Waals surface area contributed by atoms with Crippen molar-refractivity contribution in [1.29, 1.82) is 0 Å². The summed E-state index contributed by atoms with van der Waals surface area (Å²) < 4.78 is 1.80. The maximum absolute atomic E-state index is 12.6. The van der Waals surface area contributed by atoms with Crippen molar-refractivity contribution in [2.24, 2.45) is 5.73 Å². The Balaban J connectivity index is 1.68. The van der Waals surface area contributed by atoms with Gasteiger partial charge in [0.15, 0.2) is 0 Å². The number of hydrogen-bond donors (Lipinski definition) is 2. The molecule has 7 heteroatoms. The predicted molar refractivity (Wildman–Crippen MR) is 97.4 cm³/mol. The number of hydrogen-bond acceptors (Lipinski definition) is 4. The summed E-state index contributed by atoms with van der Waals surface area (Å²) in [6, 6.07) is 3.87. The molecule has 0 fully saturated rings. The number of nitrogens with one attached hydrogen (secondary N) is 1. The van der Waals surface area contributed by atoms with Crippen LogP contribution < -0.4 is 11.1 Å². The van der Waals surface area contributed by atoms with Crippen LogP contribution in [0.3, 0.4) is 0 Å². The number of carbonyl (C=O) groups is 2. The highest BCUT2D eigenvalue weighted by molar-refractivity contribution is 7.17. The Morgan fingerprint density at radius 3 is 2.92 bits per heavy atom. The van der Waals surface area contributed by atoms with Crippen LogP contribution in [0.2, 0.25) is 0 Å². The summed E-state index contributed by atoms with van der Waals surface area (Å²) in [5.74, 6) is -0.817. The number of aromatic nitrogens is 2. The van der Waals surface area contributed by atoms with Crippen molar-refractivity contribution in [3.05, 3.63) is 51.8 Å². The number of imidazole rings is 1. The Labute approximate surface area is 148 Å². The minimum absolute atomic E-state index is 0.312. The van der Waals surface area contributed by atoms with E-state index in [0.717, 1.165) is 41.7 Å². The van der Waals surface area contributed by atoms with Gasteiger partial charge >= 0.3 is 0 Å². The van der Waals surface area contributed by atoms with Crippen LogP contribution in [-0.2, 0) is 12.8 Å². The number of pyridine rings is 1. The highest BCUT2D eigenvalue weighted by Crippen LogP contribution is 2.38. The van der Waals surface area contributed by atoms with Crippen molar-refractivity contribution in [2.45, 2.75) is 32.6 Å². The fourth-order valence-electron chi connectivity index (χ4n) is 3.27. The van der Waals surface area contributed by atoms with Crippen LogP contribution in [0, 0.1) is 6.92 Å². The van der Waals surface area contributed by atoms with Gasteiger partial charge in [0.25, 0.3) is 11.8 Å². The number of amides is 2. The molecule has 0 saturated carbocycles. The van der Waals surface area contributed by atoms with E-state index in [1.165, 1.54) is 11.3 Å². The van der Waals surface area contributed by atoms with Crippen molar-refractivity contribution in [3.63, 3.8) is 0 Å². The van der Waals surface area contributed by atoms with Crippen molar-refractivity contribution < 1.29 is 9.59 Å². The van der Waals surface area contributed by atoms with Crippen molar-refractivity contribution in [3.8, 4) is 0 Å². The number of carbonyl (C=O) groups excluding carboxylic acids is 2. The predicted octanol–water partition coefficient (Wildman–Crippen LogP) is 2.93. The van der Waals surface area contributed by atoms with Gasteiger partial charge in [-0.05, 0) is 55.9 Å². The maximum Gasteiger partial charge on any atom is 0.276 e. The minimum atomic E-state index is -0.486. The van der Waals surface area contributed by atoms with Crippen LogP contribution in [0.1, 0.15) is 49.7 Å². The van der Waals surface area contributed by atoms with Gasteiger partial charge in [0.1, 0.15) is 16.3 Å². The molecule has 128 valence electrons. The molecule has 0 radical (unpaired) electrons. The van der Waals surface area contributed by atoms with Gasteiger partial charge in [-0.15, -0.1) is 11.3 Å². The molecule has 3 aromatic heterocycles. The Morgan fingerprint density at radius 2 is 2.12 bits per heavy atom. The fourth-order valence-corrected chi connectivity index (χ4v) is 4.56. The average molecular weight is 354 g/mol. The summed E-state index contributed by atoms with van der Waals surface area (Å²) in [6.07, 6.45) is 7.47. The monoisotopic (exact) mass is 354 g/mol. The van der Waals surface area contributed by atoms with Gasteiger partial charge in [0, 0.05) is 17.3 Å². The summed E-state index contributed by atoms with van der Waals surface area (Å²) in [6.45, 7) is 1.98. The van der Waals surface area contributed by atoms with Crippen LogP contribution in [0.4, 0.5) is 5.00 Å². The molecule has 3 heterocycles. The number of thiophene rings is 1. The normalized spacial score (nSPS) is 13.6. The second-order valence-corrected chi connectivity index (χ2v) is 7.43. The van der Waals surface area contributed by atoms with Crippen molar-refractivity contribution in [1.82, 2.24) is 9.38 Å². The van der Waals surface area contributed by atoms with Crippen LogP contribution in [0.25, 0.3) is 5.65 Å². The Morgan fingerprint density at radius 1 is 1.32 bits per heavy atom. The number of rotatable bonds is 3. The third kappa shape index (κ3) is 2.80. The molecule has 0 unspecified atom stereocenters. The Bertz CT molecular complexity index is 1000. The lowest BCUT2D eigenvalue weighted by Crippen LogP contribution is -2.18. The maximum atomic E-state index is 12.6. The van der Waals surface area contributed by atoms with Gasteiger partial charge in [-0.25, -0.2) is 4.98 Å². The van der Waals surface area contributed by atoms with E-state index >= 15 is 0 Å². The van der Waals surface area contributed by atoms with E-state index in [4.69, 9.17) is 5.73 Å². The molecular formula is C18H18N4O2S. The molecule has 3 N–H and O–H groups in total. The molecular weight excluding hydrogens is 336 g/mol. The molecule has 0 saturated heterocycles. The van der Waals surface area contributed by atoms with Crippen molar-refractivity contribution in [2.75, 3.05) is 5.32 Å². The van der Waals surface area contributed by atoms with E-state index in [-0.39, 0.29) is 5.91 Å². The largest absolute Gasteiger partial charge is 0.365 e. The summed E-state index contributed by atoms with van der Waals surface area (Å²) >= 11 is 1.46. The highest BCUT2D eigenvalue weighted by atomic mass is 32.1. The molecule has 0 aliphatic heterocycles. The third-order valence-electron chi connectivity index (χ3n) is 4.49. The van der Waals surface area contributed by atoms with E-state index in [0.29, 0.717) is 21.9 Å². The van der Waals surface area contributed by atoms with Gasteiger partial charge in [-0.2, -0.15) is 0 Å². The van der Waals surface area contributed by atoms with Gasteiger partial charge < -0.3 is 15.5 Å². The summed E-state index contributed by atoms with van der Waals surface area (Å²) in [5, 5.41) is 3.38. The smallest absolute Gasteiger partial charge is 0.276 e. The molecule has 25 heavy (non-hydrogen) atoms. The van der Waals surface area contributed by atoms with Gasteiger partial charge in [0.2, 0.25) is 0 Å². The third-order valence-corrected chi connectivity index (χ3v) is 5.70. The lowest BCUT2D eigenvalue weighted by molar-refractivity contribution is 0.100. The Kier molecular flexibility index (Phi) is 3.80. The zero-order valence-electron chi connectivity index (χ0n) is 13.8. The number of fused-ring (bicyclic) bond motifs is 2. The summed E-state index contributed by atoms with van der Waals surface area (Å²) in [5.41, 5.74) is 9.14. The molecule has 6 nitrogen and oxygen atoms in total. The fraction of sp³-hybridized carbons (Fsp3) is 0.278. The van der Waals surface area contributed by atoms with Crippen LogP contribution >= 0.6 is 11.3 Å². The number of nitrogens with two attached hydrogens (primary N) is 1. The molecule has 0 atom stereocenters. The zero-order valence-corrected chi connectivity index (χ0v) is 14.7. The van der Waals surface area contributed by atoms with Crippen LogP contribution in [0.15, 0.2) is 24.5 Å². The molecule has 0 bridgehead atoms. The molecule has 3 aromatic rings. The molecule has 0 spiro atoms. The lowest BCUT2D eigenvalue weighted by Gasteiger charge is -2.11. The molecule has 1 aliphatic carbocycles. The van der Waals surface area contributed by atoms with E-state index in [1.807, 2.05) is 25.3 Å².